The smallest absolute Gasteiger partial charge is 0.481 e. The molecule has 2 aliphatic carbocycles. The highest BCUT2D eigenvalue weighted by molar-refractivity contribution is 9.10. The van der Waals surface area contributed by atoms with Gasteiger partial charge in [-0.15, -0.1) is 24.8 Å². The fourth-order valence-electron chi connectivity index (χ4n) is 9.57. The summed E-state index contributed by atoms with van der Waals surface area (Å²) in [5.74, 6) is -2.52. The van der Waals surface area contributed by atoms with Gasteiger partial charge < -0.3 is 41.4 Å². The number of carbonyl (C=O) groups excluding carboxylic acids is 3. The van der Waals surface area contributed by atoms with Crippen LogP contribution < -0.4 is 32.9 Å². The maximum atomic E-state index is 12.9. The number of halogens is 6. The standard InChI is InChI=1S/C17H18N4O2S.C16H13FN4OS.C12H10N4S.C11H12BrN3O2S.C6H8BNO2.C6H4BrN3S.C4H5FO2.2ClH/c1-10-5-6-18-9-12(10)11-7-13-14(19-8-11)20-15(24-13)21-16(22)23-17(2,3)4;1-8-2-3-18-7-11(8)9-4-13-14(19-6-9)20-16(23-13)21-15(22)10-5-12(10)17;1-7-2-3-14-6-9(7)8-4-10-11(15-5-8)16-12(13)17-10;1-11(2,3)17-10(16)15-9-14-8-7(18-9)4-6(12)5-13-8;1-5-2-3-8-4-6(5)7(9)10;7-3-1-4-5(9-2-3)10-6(8)11-4;5-3-1-2(3)4(6)7;;/h5-9H,1-4H3,(H,19,20,21,22);2-4,6-7,10,12H,5H2,1H3,(H,19,20,21,22);2-6H,1H3,(H2,13,15,16);4-5H,1-3H3,(H,13,14,15,16);2-4,9-10H,1H3;1-2H,(H2,8,9,10);2-3H,1H2,(H,6,7);2*1H/t;10-,12+;;;;;2-,3+;;/m.1....1../s1. The molecule has 10 N–H and O–H groups in total. The number of carboxylic acids is 1. The number of aryl methyl sites for hydroxylation is 4. The van der Waals surface area contributed by atoms with Gasteiger partial charge in [-0.2, -0.15) is 15.0 Å². The summed E-state index contributed by atoms with van der Waals surface area (Å²) in [7, 11) is -1.41. The average Bonchev–Trinajstić information content (AvgIpc) is 1.60. The van der Waals surface area contributed by atoms with Crippen LogP contribution in [0.25, 0.3) is 85.1 Å². The predicted octanol–water partition coefficient (Wildman–Crippen LogP) is 16.6. The molecule has 2 saturated carbocycles. The van der Waals surface area contributed by atoms with Crippen LogP contribution in [0.4, 0.5) is 44.0 Å². The second kappa shape index (κ2) is 39.1. The van der Waals surface area contributed by atoms with Crippen LogP contribution in [-0.4, -0.2) is 140 Å². The average molecular weight is 1790 g/mol. The summed E-state index contributed by atoms with van der Waals surface area (Å²) >= 11 is 13.6. The Morgan fingerprint density at radius 2 is 0.786 bits per heavy atom. The maximum absolute atomic E-state index is 12.9. The third-order valence-corrected chi connectivity index (χ3v) is 20.4. The predicted molar refractivity (Wildman–Crippen MR) is 450 cm³/mol. The number of thiazole rings is 5. The summed E-state index contributed by atoms with van der Waals surface area (Å²) in [5.41, 5.74) is 24.1. The molecule has 14 aromatic heterocycles. The lowest BCUT2D eigenvalue weighted by atomic mass is 9.79. The molecule has 16 rings (SSSR count). The number of aromatic nitrogens is 14. The minimum atomic E-state index is -1.41. The molecule has 0 aliphatic heterocycles. The van der Waals surface area contributed by atoms with E-state index in [2.05, 4.69) is 131 Å². The first-order chi connectivity index (χ1) is 52.2. The van der Waals surface area contributed by atoms with E-state index >= 15 is 0 Å². The number of nitrogens with two attached hydrogens (primary N) is 2. The van der Waals surface area contributed by atoms with E-state index in [1.54, 1.807) is 68.8 Å². The molecule has 0 radical (unpaired) electrons. The molecule has 40 heteroatoms. The maximum Gasteiger partial charge on any atom is 0.490 e. The summed E-state index contributed by atoms with van der Waals surface area (Å²) in [6.45, 7) is 18.8. The summed E-state index contributed by atoms with van der Waals surface area (Å²) in [6, 6.07) is 17.5. The van der Waals surface area contributed by atoms with Crippen molar-refractivity contribution < 1.29 is 52.6 Å². The molecule has 0 bridgehead atoms. The van der Waals surface area contributed by atoms with Crippen molar-refractivity contribution in [3.05, 3.63) is 166 Å². The number of pyridine rings is 9. The second-order valence-electron chi connectivity index (χ2n) is 26.2. The highest BCUT2D eigenvalue weighted by atomic mass is 79.9. The number of ether oxygens (including phenoxy) is 2. The van der Waals surface area contributed by atoms with Gasteiger partial charge in [0.1, 0.15) is 23.5 Å². The van der Waals surface area contributed by atoms with Crippen molar-refractivity contribution in [2.75, 3.05) is 27.4 Å². The van der Waals surface area contributed by atoms with Crippen LogP contribution in [0.2, 0.25) is 0 Å². The molecule has 3 amide bonds. The van der Waals surface area contributed by atoms with Crippen LogP contribution in [-0.2, 0) is 19.1 Å². The van der Waals surface area contributed by atoms with Gasteiger partial charge in [0.25, 0.3) is 0 Å². The highest BCUT2D eigenvalue weighted by Crippen LogP contribution is 2.38. The van der Waals surface area contributed by atoms with E-state index in [1.165, 1.54) is 68.4 Å². The van der Waals surface area contributed by atoms with Crippen LogP contribution in [0.1, 0.15) is 76.6 Å². The van der Waals surface area contributed by atoms with Gasteiger partial charge >= 0.3 is 25.3 Å². The highest BCUT2D eigenvalue weighted by Gasteiger charge is 2.44. The van der Waals surface area contributed by atoms with Crippen molar-refractivity contribution in [3.63, 3.8) is 0 Å². The summed E-state index contributed by atoms with van der Waals surface area (Å²) in [6.07, 6.45) is 19.9. The van der Waals surface area contributed by atoms with Crippen molar-refractivity contribution in [2.45, 2.75) is 106 Å². The summed E-state index contributed by atoms with van der Waals surface area (Å²) in [5, 5.41) is 35.9. The molecule has 584 valence electrons. The Labute approximate surface area is 688 Å². The summed E-state index contributed by atoms with van der Waals surface area (Å²) < 4.78 is 41.4. The molecular formula is C72H72BBr2Cl2F2N19O9S5. The Morgan fingerprint density at radius 3 is 1.10 bits per heavy atom. The van der Waals surface area contributed by atoms with Crippen LogP contribution in [0.3, 0.4) is 0 Å². The van der Waals surface area contributed by atoms with Gasteiger partial charge in [-0.05, 0) is 191 Å². The van der Waals surface area contributed by atoms with E-state index in [-0.39, 0.29) is 37.1 Å². The molecule has 0 unspecified atom stereocenters. The molecule has 2 aliphatic rings. The molecule has 0 saturated heterocycles. The van der Waals surface area contributed by atoms with Crippen molar-refractivity contribution in [3.8, 4) is 33.4 Å². The van der Waals surface area contributed by atoms with Gasteiger partial charge in [0.2, 0.25) is 5.91 Å². The van der Waals surface area contributed by atoms with Crippen molar-refractivity contribution in [1.82, 2.24) is 69.8 Å². The molecule has 14 heterocycles. The van der Waals surface area contributed by atoms with E-state index < -0.39 is 60.7 Å². The van der Waals surface area contributed by atoms with Crippen molar-refractivity contribution in [2.24, 2.45) is 11.8 Å². The number of rotatable bonds is 9. The zero-order valence-electron chi connectivity index (χ0n) is 61.1. The molecule has 4 atom stereocenters. The Balaban J connectivity index is 0.000000168. The van der Waals surface area contributed by atoms with Crippen LogP contribution in [0.5, 0.6) is 0 Å². The first kappa shape index (κ1) is 87.8. The number of carbonyl (C=O) groups is 4. The van der Waals surface area contributed by atoms with Crippen LogP contribution >= 0.6 is 113 Å². The lowest BCUT2D eigenvalue weighted by molar-refractivity contribution is -0.138. The molecule has 14 aromatic rings. The number of anilines is 5. The number of carboxylic acid groups (broad SMARTS) is 1. The normalized spacial score (nSPS) is 14.3. The SMILES string of the molecule is CC(C)(C)OC(=O)Nc1nc2ncc(Br)cc2s1.Cc1ccncc1-c1cnc2nc(N)sc2c1.Cc1ccncc1-c1cnc2nc(NC(=O)OC(C)(C)C)sc2c1.Cc1ccncc1-c1cnc2nc(NC(=O)[C@@H]3C[C@@H]3F)sc2c1.Cc1ccncc1B(O)O.Cl.Cl.Nc1nc2ncc(Br)cc2s1.O=C(O)[C@@H]1C[C@@H]1F. The lowest BCUT2D eigenvalue weighted by Gasteiger charge is -2.18. The fraction of sp³-hybridized carbons (Fsp3) is 0.250. The fourth-order valence-corrected chi connectivity index (χ4v) is 14.6. The van der Waals surface area contributed by atoms with Crippen molar-refractivity contribution in [1.29, 1.82) is 0 Å². The molecular weight excluding hydrogens is 1710 g/mol. The van der Waals surface area contributed by atoms with Gasteiger partial charge in [0.05, 0.1) is 35.3 Å². The number of alkyl halides is 2. The van der Waals surface area contributed by atoms with Gasteiger partial charge in [0, 0.05) is 128 Å². The molecule has 0 spiro atoms. The van der Waals surface area contributed by atoms with E-state index in [4.69, 9.17) is 36.1 Å². The van der Waals surface area contributed by atoms with E-state index in [0.29, 0.717) is 60.1 Å². The molecule has 28 nitrogen and oxygen atoms in total. The molecule has 0 aromatic carbocycles. The molecule has 2 fully saturated rings. The minimum Gasteiger partial charge on any atom is -0.481 e. The molecule has 112 heavy (non-hydrogen) atoms. The largest absolute Gasteiger partial charge is 0.490 e. The van der Waals surface area contributed by atoms with E-state index in [0.717, 1.165) is 88.2 Å². The topological polar surface area (TPSA) is 416 Å². The third-order valence-electron chi connectivity index (χ3n) is 15.1. The van der Waals surface area contributed by atoms with E-state index in [1.807, 2.05) is 116 Å². The number of hydrogen-bond acceptors (Lipinski definition) is 29. The number of aliphatic carboxylic acids is 1. The number of nitrogen functional groups attached to an aromatic ring is 2. The zero-order chi connectivity index (χ0) is 79.3. The number of nitrogens with one attached hydrogen (secondary N) is 3. The van der Waals surface area contributed by atoms with Gasteiger partial charge in [0.15, 0.2) is 53.9 Å². The van der Waals surface area contributed by atoms with E-state index in [9.17, 15) is 28.0 Å². The van der Waals surface area contributed by atoms with Crippen LogP contribution in [0.15, 0.2) is 144 Å². The van der Waals surface area contributed by atoms with Crippen LogP contribution in [0, 0.1) is 39.5 Å². The zero-order valence-corrected chi connectivity index (χ0v) is 70.0. The van der Waals surface area contributed by atoms with Gasteiger partial charge in [-0.1, -0.05) is 56.7 Å². The number of nitrogens with zero attached hydrogens (tertiary/aromatic N) is 14. The van der Waals surface area contributed by atoms with Gasteiger partial charge in [-0.3, -0.25) is 40.2 Å². The quantitative estimate of drug-likeness (QED) is 0.0622. The monoisotopic (exact) mass is 1780 g/mol. The summed E-state index contributed by atoms with van der Waals surface area (Å²) in [4.78, 5) is 103. The lowest BCUT2D eigenvalue weighted by Crippen LogP contribution is -2.32. The Kier molecular flexibility index (Phi) is 30.7. The van der Waals surface area contributed by atoms with Crippen molar-refractivity contribution >= 4 is 227 Å². The van der Waals surface area contributed by atoms with Gasteiger partial charge in [-0.25, -0.2) is 53.3 Å². The first-order valence-electron chi connectivity index (χ1n) is 33.2. The Bertz CT molecular complexity index is 5650. The minimum absolute atomic E-state index is 0. The Morgan fingerprint density at radius 1 is 0.473 bits per heavy atom. The second-order valence-corrected chi connectivity index (χ2v) is 33.3. The number of fused-ring (bicyclic) bond motifs is 5. The third kappa shape index (κ3) is 25.4. The number of hydrogen-bond donors (Lipinski definition) is 8. The first-order valence-corrected chi connectivity index (χ1v) is 38.8. The number of amides is 3. The Hall–Kier alpha value is -9.74.